The van der Waals surface area contributed by atoms with Crippen LogP contribution in [-0.4, -0.2) is 68.6 Å². The first kappa shape index (κ1) is 25.7. The Morgan fingerprint density at radius 2 is 1.68 bits per heavy atom. The summed E-state index contributed by atoms with van der Waals surface area (Å²) in [4.78, 5) is 19.0. The number of hydrogen-bond donors (Lipinski definition) is 0. The summed E-state index contributed by atoms with van der Waals surface area (Å²) in [5.41, 5.74) is 3.26. The zero-order valence-corrected chi connectivity index (χ0v) is 23.8. The molecule has 0 bridgehead atoms. The highest BCUT2D eigenvalue weighted by Crippen LogP contribution is 2.69. The summed E-state index contributed by atoms with van der Waals surface area (Å²) >= 11 is 0. The number of nitrogens with zero attached hydrogens (tertiary/aromatic N) is 2. The molecule has 0 N–H and O–H groups in total. The molecule has 0 spiro atoms. The monoisotopic (exact) mass is 518 g/mol. The van der Waals surface area contributed by atoms with Crippen LogP contribution < -0.4 is 14.2 Å². The molecular formula is C32H42N2O4. The maximum Gasteiger partial charge on any atom is 0.200 e. The number of carbonyl (C=O) groups excluding carboxylic acids is 1. The maximum atomic E-state index is 14.2. The van der Waals surface area contributed by atoms with Crippen molar-refractivity contribution < 1.29 is 19.0 Å². The number of methoxy groups -OCH3 is 2. The van der Waals surface area contributed by atoms with E-state index >= 15 is 0 Å². The Balaban J connectivity index is 1.50. The van der Waals surface area contributed by atoms with E-state index in [2.05, 4.69) is 37.6 Å². The van der Waals surface area contributed by atoms with Crippen LogP contribution in [0.15, 0.2) is 30.3 Å². The minimum atomic E-state index is -0.303. The summed E-state index contributed by atoms with van der Waals surface area (Å²) in [5, 5.41) is 0. The second-order valence-corrected chi connectivity index (χ2v) is 12.8. The highest BCUT2D eigenvalue weighted by atomic mass is 16.5. The fourth-order valence-corrected chi connectivity index (χ4v) is 7.67. The molecule has 1 saturated heterocycles. The van der Waals surface area contributed by atoms with Gasteiger partial charge in [-0.25, -0.2) is 0 Å². The van der Waals surface area contributed by atoms with E-state index in [1.54, 1.807) is 14.2 Å². The molecule has 0 aromatic heterocycles. The number of hydrogen-bond acceptors (Lipinski definition) is 6. The van der Waals surface area contributed by atoms with Gasteiger partial charge in [0.15, 0.2) is 0 Å². The van der Waals surface area contributed by atoms with Crippen LogP contribution in [0.1, 0.15) is 60.7 Å². The van der Waals surface area contributed by atoms with Crippen LogP contribution in [0.25, 0.3) is 0 Å². The predicted octanol–water partition coefficient (Wildman–Crippen LogP) is 5.06. The van der Waals surface area contributed by atoms with Gasteiger partial charge in [-0.05, 0) is 50.5 Å². The number of fused-ring (bicyclic) bond motifs is 3. The van der Waals surface area contributed by atoms with E-state index in [0.29, 0.717) is 46.4 Å². The first-order valence-corrected chi connectivity index (χ1v) is 14.2. The molecule has 2 aliphatic carbocycles. The first-order valence-electron chi connectivity index (χ1n) is 14.2. The van der Waals surface area contributed by atoms with Crippen LogP contribution in [0.4, 0.5) is 0 Å². The van der Waals surface area contributed by atoms with Gasteiger partial charge < -0.3 is 19.1 Å². The molecule has 6 rings (SSSR count). The van der Waals surface area contributed by atoms with Crippen LogP contribution in [0, 0.1) is 23.2 Å². The zero-order valence-electron chi connectivity index (χ0n) is 23.8. The van der Waals surface area contributed by atoms with Crippen molar-refractivity contribution in [1.29, 1.82) is 0 Å². The molecule has 204 valence electrons. The Morgan fingerprint density at radius 1 is 1.00 bits per heavy atom. The standard InChI is InChI=1S/C32H42N2O4/c1-31(2)24-17-21-16-22-28(36-5)23(19-34-14-12-33(4)13-15-34)29(37-6)26(27(35)20-10-8-7-9-11-20)30(22)38-32(21,3)18-25(24)31/h7-11,21,24-25H,12-19H2,1-6H3/t21?,24-,25+,32?/m1/s1. The number of benzene rings is 2. The van der Waals surface area contributed by atoms with Crippen LogP contribution in [0.3, 0.4) is 0 Å². The number of carbonyl (C=O) groups is 1. The Hall–Kier alpha value is -2.57. The van der Waals surface area contributed by atoms with E-state index in [1.165, 1.54) is 6.42 Å². The molecule has 0 radical (unpaired) electrons. The lowest BCUT2D eigenvalue weighted by Crippen LogP contribution is -2.48. The Bertz CT molecular complexity index is 1230. The van der Waals surface area contributed by atoms with E-state index in [0.717, 1.165) is 61.8 Å². The van der Waals surface area contributed by atoms with Gasteiger partial charge in [0.25, 0.3) is 0 Å². The average molecular weight is 519 g/mol. The summed E-state index contributed by atoms with van der Waals surface area (Å²) in [5.74, 6) is 3.88. The van der Waals surface area contributed by atoms with E-state index in [1.807, 2.05) is 30.3 Å². The minimum Gasteiger partial charge on any atom is -0.496 e. The molecule has 6 nitrogen and oxygen atoms in total. The molecule has 2 aliphatic heterocycles. The number of ether oxygens (including phenoxy) is 3. The molecule has 3 fully saturated rings. The van der Waals surface area contributed by atoms with E-state index in [9.17, 15) is 4.79 Å². The summed E-state index contributed by atoms with van der Waals surface area (Å²) in [6.45, 7) is 11.7. The normalized spacial score (nSPS) is 29.9. The molecule has 2 aromatic rings. The minimum absolute atomic E-state index is 0.0523. The second kappa shape index (κ2) is 9.27. The van der Waals surface area contributed by atoms with Gasteiger partial charge in [-0.2, -0.15) is 0 Å². The molecule has 4 aliphatic rings. The van der Waals surface area contributed by atoms with E-state index in [-0.39, 0.29) is 11.4 Å². The van der Waals surface area contributed by atoms with Crippen LogP contribution in [-0.2, 0) is 13.0 Å². The highest BCUT2D eigenvalue weighted by Gasteiger charge is 2.65. The highest BCUT2D eigenvalue weighted by molar-refractivity contribution is 6.13. The van der Waals surface area contributed by atoms with Gasteiger partial charge in [-0.1, -0.05) is 44.2 Å². The Labute approximate surface area is 227 Å². The van der Waals surface area contributed by atoms with Crippen molar-refractivity contribution >= 4 is 5.78 Å². The van der Waals surface area contributed by atoms with Gasteiger partial charge in [0.1, 0.15) is 28.4 Å². The summed E-state index contributed by atoms with van der Waals surface area (Å²) in [6, 6.07) is 9.52. The quantitative estimate of drug-likeness (QED) is 0.499. The lowest BCUT2D eigenvalue weighted by molar-refractivity contribution is -0.0266. The third-order valence-electron chi connectivity index (χ3n) is 10.3. The molecule has 2 unspecified atom stereocenters. The second-order valence-electron chi connectivity index (χ2n) is 12.8. The van der Waals surface area contributed by atoms with Gasteiger partial charge in [0.05, 0.1) is 19.8 Å². The lowest BCUT2D eigenvalue weighted by Gasteiger charge is -2.46. The number of ketones is 1. The lowest BCUT2D eigenvalue weighted by atomic mass is 9.71. The van der Waals surface area contributed by atoms with Gasteiger partial charge in [0, 0.05) is 49.8 Å². The molecular weight excluding hydrogens is 476 g/mol. The Morgan fingerprint density at radius 3 is 2.34 bits per heavy atom. The van der Waals surface area contributed by atoms with Gasteiger partial charge >= 0.3 is 0 Å². The molecule has 4 atom stereocenters. The van der Waals surface area contributed by atoms with Crippen molar-refractivity contribution in [3.05, 3.63) is 52.6 Å². The SMILES string of the molecule is COc1c(CN2CCN(C)CC2)c(OC)c(C(=O)c2ccccc2)c2c1CC1C[C@@H]3[C@H](CC1(C)O2)C3(C)C. The average Bonchev–Trinajstić information content (AvgIpc) is 3.43. The Kier molecular flexibility index (Phi) is 6.27. The number of likely N-dealkylation sites (N-methyl/N-ethyl adjacent to an activating group) is 1. The van der Waals surface area contributed by atoms with Gasteiger partial charge in [-0.3, -0.25) is 9.69 Å². The summed E-state index contributed by atoms with van der Waals surface area (Å²) in [6.07, 6.45) is 3.06. The van der Waals surface area contributed by atoms with E-state index in [4.69, 9.17) is 14.2 Å². The molecule has 38 heavy (non-hydrogen) atoms. The van der Waals surface area contributed by atoms with Crippen LogP contribution in [0.2, 0.25) is 0 Å². The maximum absolute atomic E-state index is 14.2. The third kappa shape index (κ3) is 4.03. The smallest absolute Gasteiger partial charge is 0.200 e. The largest absolute Gasteiger partial charge is 0.496 e. The van der Waals surface area contributed by atoms with Crippen molar-refractivity contribution in [2.24, 2.45) is 23.2 Å². The first-order chi connectivity index (χ1) is 18.2. The molecule has 6 heteroatoms. The molecule has 0 amide bonds. The van der Waals surface area contributed by atoms with Crippen molar-refractivity contribution in [3.63, 3.8) is 0 Å². The zero-order chi connectivity index (χ0) is 26.8. The fourth-order valence-electron chi connectivity index (χ4n) is 7.67. The number of rotatable bonds is 6. The van der Waals surface area contributed by atoms with Gasteiger partial charge in [-0.15, -0.1) is 0 Å². The molecule has 2 saturated carbocycles. The predicted molar refractivity (Wildman–Crippen MR) is 148 cm³/mol. The molecule has 2 heterocycles. The fraction of sp³-hybridized carbons (Fsp3) is 0.594. The van der Waals surface area contributed by atoms with Crippen LogP contribution in [0.5, 0.6) is 17.2 Å². The van der Waals surface area contributed by atoms with E-state index < -0.39 is 0 Å². The molecule has 2 aromatic carbocycles. The van der Waals surface area contributed by atoms with Crippen molar-refractivity contribution in [2.75, 3.05) is 47.4 Å². The van der Waals surface area contributed by atoms with Crippen molar-refractivity contribution in [1.82, 2.24) is 9.80 Å². The van der Waals surface area contributed by atoms with Crippen molar-refractivity contribution in [3.8, 4) is 17.2 Å². The number of piperazine rings is 1. The topological polar surface area (TPSA) is 51.2 Å². The van der Waals surface area contributed by atoms with Gasteiger partial charge in [0.2, 0.25) is 5.78 Å². The summed E-state index contributed by atoms with van der Waals surface area (Å²) < 4.78 is 19.3. The van der Waals surface area contributed by atoms with Crippen molar-refractivity contribution in [2.45, 2.75) is 52.2 Å². The third-order valence-corrected chi connectivity index (χ3v) is 10.3. The summed E-state index contributed by atoms with van der Waals surface area (Å²) in [7, 11) is 5.58. The van der Waals surface area contributed by atoms with Crippen LogP contribution >= 0.6 is 0 Å².